The van der Waals surface area contributed by atoms with E-state index in [0.29, 0.717) is 17.8 Å². The van der Waals surface area contributed by atoms with Crippen LogP contribution in [-0.2, 0) is 4.74 Å². The minimum atomic E-state index is -0.485. The molecule has 3 rings (SSSR count). The molecule has 0 amide bonds. The summed E-state index contributed by atoms with van der Waals surface area (Å²) in [6, 6.07) is 0. The zero-order chi connectivity index (χ0) is 12.3. The van der Waals surface area contributed by atoms with E-state index in [1.54, 1.807) is 0 Å². The molecule has 1 saturated heterocycles. The fourth-order valence-electron chi connectivity index (χ4n) is 4.05. The molecule has 1 aliphatic heterocycles. The Labute approximate surface area is 104 Å². The Morgan fingerprint density at radius 1 is 1.35 bits per heavy atom. The first kappa shape index (κ1) is 11.7. The molecular formula is C15H24O2. The lowest BCUT2D eigenvalue weighted by Gasteiger charge is -2.31. The highest BCUT2D eigenvalue weighted by Crippen LogP contribution is 2.53. The maximum Gasteiger partial charge on any atom is 0.0916 e. The Morgan fingerprint density at radius 2 is 2.06 bits per heavy atom. The number of aliphatic hydroxyl groups is 1. The number of hydrogen-bond acceptors (Lipinski definition) is 2. The first-order valence-electron chi connectivity index (χ1n) is 6.96. The summed E-state index contributed by atoms with van der Waals surface area (Å²) in [7, 11) is 0. The second-order valence-corrected chi connectivity index (χ2v) is 6.84. The smallest absolute Gasteiger partial charge is 0.0916 e. The molecule has 2 saturated carbocycles. The van der Waals surface area contributed by atoms with Crippen LogP contribution in [-0.4, -0.2) is 22.9 Å². The van der Waals surface area contributed by atoms with Gasteiger partial charge in [-0.1, -0.05) is 12.2 Å². The van der Waals surface area contributed by atoms with E-state index in [1.165, 1.54) is 12.0 Å². The van der Waals surface area contributed by atoms with E-state index in [4.69, 9.17) is 4.74 Å². The minimum Gasteiger partial charge on any atom is -0.390 e. The highest BCUT2D eigenvalue weighted by atomic mass is 16.6. The average Bonchev–Trinajstić information content (AvgIpc) is 2.95. The van der Waals surface area contributed by atoms with Crippen LogP contribution in [0, 0.1) is 17.8 Å². The molecule has 0 aromatic heterocycles. The molecule has 17 heavy (non-hydrogen) atoms. The first-order chi connectivity index (χ1) is 7.92. The maximum absolute atomic E-state index is 10.6. The van der Waals surface area contributed by atoms with Crippen molar-refractivity contribution < 1.29 is 9.84 Å². The minimum absolute atomic E-state index is 0.105. The number of epoxide rings is 1. The van der Waals surface area contributed by atoms with Crippen molar-refractivity contribution in [2.45, 2.75) is 57.2 Å². The predicted octanol–water partition coefficient (Wildman–Crippen LogP) is 2.91. The molecule has 96 valence electrons. The SMILES string of the molecule is C=C1CCC(C2(C)CO2)CC2C1CCC2(C)O. The summed E-state index contributed by atoms with van der Waals surface area (Å²) in [4.78, 5) is 0. The molecule has 2 aliphatic carbocycles. The lowest BCUT2D eigenvalue weighted by atomic mass is 9.77. The molecule has 0 radical (unpaired) electrons. The Balaban J connectivity index is 1.85. The Hall–Kier alpha value is -0.340. The van der Waals surface area contributed by atoms with Gasteiger partial charge in [-0.25, -0.2) is 0 Å². The van der Waals surface area contributed by atoms with Gasteiger partial charge >= 0.3 is 0 Å². The summed E-state index contributed by atoms with van der Waals surface area (Å²) in [5.74, 6) is 1.57. The topological polar surface area (TPSA) is 32.8 Å². The van der Waals surface area contributed by atoms with Gasteiger partial charge in [0.05, 0.1) is 17.8 Å². The molecule has 0 aromatic carbocycles. The Kier molecular flexibility index (Phi) is 2.47. The largest absolute Gasteiger partial charge is 0.390 e. The third-order valence-corrected chi connectivity index (χ3v) is 5.59. The average molecular weight is 236 g/mol. The predicted molar refractivity (Wildman–Crippen MR) is 67.7 cm³/mol. The van der Waals surface area contributed by atoms with Crippen LogP contribution in [0.4, 0.5) is 0 Å². The van der Waals surface area contributed by atoms with Crippen LogP contribution in [0.1, 0.15) is 46.0 Å². The molecule has 3 aliphatic rings. The quantitative estimate of drug-likeness (QED) is 0.561. The summed E-state index contributed by atoms with van der Waals surface area (Å²) in [5.41, 5.74) is 0.995. The van der Waals surface area contributed by atoms with E-state index >= 15 is 0 Å². The number of fused-ring (bicyclic) bond motifs is 1. The molecular weight excluding hydrogens is 212 g/mol. The Bertz CT molecular complexity index is 341. The summed E-state index contributed by atoms with van der Waals surface area (Å²) >= 11 is 0. The molecule has 2 nitrogen and oxygen atoms in total. The summed E-state index contributed by atoms with van der Waals surface area (Å²) in [6.07, 6.45) is 5.50. The normalized spacial score (nSPS) is 54.3. The number of rotatable bonds is 1. The highest BCUT2D eigenvalue weighted by Gasteiger charge is 2.53. The molecule has 0 bridgehead atoms. The molecule has 1 heterocycles. The lowest BCUT2D eigenvalue weighted by molar-refractivity contribution is 0.000452. The summed E-state index contributed by atoms with van der Waals surface area (Å²) in [5, 5.41) is 10.6. The fourth-order valence-corrected chi connectivity index (χ4v) is 4.05. The van der Waals surface area contributed by atoms with Crippen LogP contribution in [0.3, 0.4) is 0 Å². The van der Waals surface area contributed by atoms with Gasteiger partial charge in [0.2, 0.25) is 0 Å². The second kappa shape index (κ2) is 3.58. The zero-order valence-electron chi connectivity index (χ0n) is 11.0. The van der Waals surface area contributed by atoms with Gasteiger partial charge in [0.15, 0.2) is 0 Å². The fraction of sp³-hybridized carbons (Fsp3) is 0.867. The van der Waals surface area contributed by atoms with E-state index in [0.717, 1.165) is 32.3 Å². The van der Waals surface area contributed by atoms with E-state index in [-0.39, 0.29) is 5.60 Å². The number of ether oxygens (including phenoxy) is 1. The highest BCUT2D eigenvalue weighted by molar-refractivity contribution is 5.14. The molecule has 2 heteroatoms. The molecule has 0 spiro atoms. The zero-order valence-corrected chi connectivity index (χ0v) is 11.0. The molecule has 3 fully saturated rings. The van der Waals surface area contributed by atoms with Crippen molar-refractivity contribution in [3.63, 3.8) is 0 Å². The van der Waals surface area contributed by atoms with Crippen LogP contribution in [0.15, 0.2) is 12.2 Å². The van der Waals surface area contributed by atoms with Crippen molar-refractivity contribution in [2.75, 3.05) is 6.61 Å². The molecule has 5 atom stereocenters. The second-order valence-electron chi connectivity index (χ2n) is 6.84. The van der Waals surface area contributed by atoms with E-state index in [2.05, 4.69) is 13.5 Å². The van der Waals surface area contributed by atoms with Crippen LogP contribution in [0.2, 0.25) is 0 Å². The number of allylic oxidation sites excluding steroid dienone is 1. The third-order valence-electron chi connectivity index (χ3n) is 5.59. The van der Waals surface area contributed by atoms with Crippen LogP contribution in [0.25, 0.3) is 0 Å². The third kappa shape index (κ3) is 1.86. The van der Waals surface area contributed by atoms with Crippen molar-refractivity contribution in [3.05, 3.63) is 12.2 Å². The van der Waals surface area contributed by atoms with Gasteiger partial charge in [0, 0.05) is 0 Å². The lowest BCUT2D eigenvalue weighted by Crippen LogP contribution is -2.35. The van der Waals surface area contributed by atoms with Gasteiger partial charge in [-0.2, -0.15) is 0 Å². The van der Waals surface area contributed by atoms with Gasteiger partial charge in [-0.05, 0) is 63.7 Å². The van der Waals surface area contributed by atoms with Crippen LogP contribution < -0.4 is 0 Å². The van der Waals surface area contributed by atoms with Gasteiger partial charge in [0.1, 0.15) is 0 Å². The van der Waals surface area contributed by atoms with Gasteiger partial charge in [-0.3, -0.25) is 0 Å². The van der Waals surface area contributed by atoms with Crippen molar-refractivity contribution in [1.29, 1.82) is 0 Å². The maximum atomic E-state index is 10.6. The van der Waals surface area contributed by atoms with Crippen LogP contribution in [0.5, 0.6) is 0 Å². The standard InChI is InChI=1S/C15H24O2/c1-10-4-5-11(15(3)9-17-15)8-13-12(10)6-7-14(13,2)16/h11-13,16H,1,4-9H2,2-3H3. The molecule has 1 N–H and O–H groups in total. The van der Waals surface area contributed by atoms with Crippen molar-refractivity contribution >= 4 is 0 Å². The van der Waals surface area contributed by atoms with Crippen molar-refractivity contribution in [3.8, 4) is 0 Å². The first-order valence-corrected chi connectivity index (χ1v) is 6.96. The Morgan fingerprint density at radius 3 is 2.71 bits per heavy atom. The van der Waals surface area contributed by atoms with Gasteiger partial charge in [-0.15, -0.1) is 0 Å². The van der Waals surface area contributed by atoms with Crippen molar-refractivity contribution in [2.24, 2.45) is 17.8 Å². The van der Waals surface area contributed by atoms with E-state index in [9.17, 15) is 5.11 Å². The van der Waals surface area contributed by atoms with Gasteiger partial charge in [0.25, 0.3) is 0 Å². The monoisotopic (exact) mass is 236 g/mol. The summed E-state index contributed by atoms with van der Waals surface area (Å²) < 4.78 is 5.63. The molecule has 5 unspecified atom stereocenters. The molecule has 0 aromatic rings. The summed E-state index contributed by atoms with van der Waals surface area (Å²) in [6.45, 7) is 9.42. The van der Waals surface area contributed by atoms with E-state index in [1.807, 2.05) is 6.92 Å². The van der Waals surface area contributed by atoms with Crippen LogP contribution >= 0.6 is 0 Å². The van der Waals surface area contributed by atoms with E-state index < -0.39 is 5.60 Å². The van der Waals surface area contributed by atoms with Gasteiger partial charge < -0.3 is 9.84 Å². The van der Waals surface area contributed by atoms with Crippen molar-refractivity contribution in [1.82, 2.24) is 0 Å². The number of hydrogen-bond donors (Lipinski definition) is 1.